The van der Waals surface area contributed by atoms with Gasteiger partial charge in [0.05, 0.1) is 18.9 Å². The van der Waals surface area contributed by atoms with E-state index in [9.17, 15) is 0 Å². The third-order valence-electron chi connectivity index (χ3n) is 5.85. The molecule has 9 nitrogen and oxygen atoms in total. The predicted octanol–water partition coefficient (Wildman–Crippen LogP) is 3.02. The van der Waals surface area contributed by atoms with E-state index in [1.807, 2.05) is 25.3 Å². The van der Waals surface area contributed by atoms with Crippen LogP contribution in [0.1, 0.15) is 31.7 Å². The van der Waals surface area contributed by atoms with Gasteiger partial charge in [0.15, 0.2) is 0 Å². The molecule has 2 N–H and O–H groups in total. The number of anilines is 3. The second-order valence-electron chi connectivity index (χ2n) is 7.96. The molecule has 0 saturated carbocycles. The number of hydrogen-bond acceptors (Lipinski definition) is 8. The average Bonchev–Trinajstić information content (AvgIpc) is 3.28. The van der Waals surface area contributed by atoms with Crippen molar-refractivity contribution < 1.29 is 4.74 Å². The Hall–Kier alpha value is -3.20. The maximum Gasteiger partial charge on any atom is 0.250 e. The van der Waals surface area contributed by atoms with Crippen LogP contribution in [0.15, 0.2) is 35.6 Å². The summed E-state index contributed by atoms with van der Waals surface area (Å²) in [5.74, 6) is 1.87. The van der Waals surface area contributed by atoms with Gasteiger partial charge in [-0.1, -0.05) is 18.2 Å². The molecule has 0 aliphatic carbocycles. The van der Waals surface area contributed by atoms with E-state index in [1.165, 1.54) is 19.3 Å². The lowest BCUT2D eigenvalue weighted by atomic mass is 10.1. The van der Waals surface area contributed by atoms with Crippen molar-refractivity contribution in [3.05, 3.63) is 36.0 Å². The average molecular weight is 421 g/mol. The molecular weight excluding hydrogens is 392 g/mol. The molecule has 31 heavy (non-hydrogen) atoms. The summed E-state index contributed by atoms with van der Waals surface area (Å²) in [6.45, 7) is 6.86. The fraction of sp³-hybridized carbons (Fsp3) is 0.455. The quantitative estimate of drug-likeness (QED) is 0.484. The molecule has 2 aliphatic heterocycles. The van der Waals surface area contributed by atoms with Gasteiger partial charge in [-0.05, 0) is 32.3 Å². The number of morpholine rings is 1. The van der Waals surface area contributed by atoms with Gasteiger partial charge < -0.3 is 19.5 Å². The Morgan fingerprint density at radius 2 is 1.68 bits per heavy atom. The number of aromatic nitrogens is 4. The number of nitrogens with one attached hydrogen (secondary N) is 2. The molecule has 1 aromatic carbocycles. The molecule has 3 aromatic rings. The zero-order chi connectivity index (χ0) is 21.0. The summed E-state index contributed by atoms with van der Waals surface area (Å²) in [6.07, 6.45) is 5.58. The van der Waals surface area contributed by atoms with Crippen molar-refractivity contribution >= 4 is 34.5 Å². The van der Waals surface area contributed by atoms with Gasteiger partial charge in [0.1, 0.15) is 0 Å². The molecule has 0 unspecified atom stereocenters. The summed E-state index contributed by atoms with van der Waals surface area (Å²) in [7, 11) is 0. The number of para-hydroxylation sites is 1. The Labute approximate surface area is 181 Å². The van der Waals surface area contributed by atoms with E-state index in [2.05, 4.69) is 47.4 Å². The molecule has 162 valence electrons. The van der Waals surface area contributed by atoms with E-state index < -0.39 is 0 Å². The smallest absolute Gasteiger partial charge is 0.250 e. The highest BCUT2D eigenvalue weighted by Crippen LogP contribution is 2.22. The van der Waals surface area contributed by atoms with Gasteiger partial charge >= 0.3 is 0 Å². The normalized spacial score (nSPS) is 17.9. The van der Waals surface area contributed by atoms with Gasteiger partial charge in [0.25, 0.3) is 0 Å². The van der Waals surface area contributed by atoms with Crippen LogP contribution >= 0.6 is 0 Å². The Bertz CT molecular complexity index is 1030. The minimum absolute atomic E-state index is 0.469. The molecular formula is C22H28N8O. The minimum Gasteiger partial charge on any atom is -0.378 e. The molecule has 0 atom stereocenters. The maximum atomic E-state index is 5.49. The second kappa shape index (κ2) is 8.89. The van der Waals surface area contributed by atoms with Gasteiger partial charge in [0, 0.05) is 48.8 Å². The van der Waals surface area contributed by atoms with E-state index in [-0.39, 0.29) is 0 Å². The van der Waals surface area contributed by atoms with Crippen LogP contribution in [0.5, 0.6) is 0 Å². The first kappa shape index (κ1) is 19.7. The number of hydrazone groups is 1. The molecule has 4 heterocycles. The topological polar surface area (TPSA) is 94.6 Å². The standard InChI is InChI=1S/C22H28N8O/c1-16(18-15-23-19-8-4-3-7-17(18)19)27-28-20-24-21(29-9-5-2-6-10-29)26-22(25-20)30-11-13-31-14-12-30/h3-4,7-8,15,23H,2,5-6,9-14H2,1H3,(H,24,25,26,28)/b27-16-. The number of fused-ring (bicyclic) bond motifs is 1. The second-order valence-corrected chi connectivity index (χ2v) is 7.96. The zero-order valence-electron chi connectivity index (χ0n) is 17.8. The molecule has 2 aromatic heterocycles. The van der Waals surface area contributed by atoms with Crippen molar-refractivity contribution in [2.45, 2.75) is 26.2 Å². The highest BCUT2D eigenvalue weighted by Gasteiger charge is 2.20. The number of ether oxygens (including phenoxy) is 1. The first-order valence-electron chi connectivity index (χ1n) is 11.0. The van der Waals surface area contributed by atoms with Crippen LogP contribution in [0.3, 0.4) is 0 Å². The van der Waals surface area contributed by atoms with E-state index in [4.69, 9.17) is 9.72 Å². The molecule has 5 rings (SSSR count). The monoisotopic (exact) mass is 420 g/mol. The van der Waals surface area contributed by atoms with Crippen LogP contribution in [0.4, 0.5) is 17.8 Å². The lowest BCUT2D eigenvalue weighted by Crippen LogP contribution is -2.38. The third kappa shape index (κ3) is 4.32. The first-order chi connectivity index (χ1) is 15.3. The number of hydrogen-bond donors (Lipinski definition) is 2. The molecule has 2 saturated heterocycles. The summed E-state index contributed by atoms with van der Waals surface area (Å²) >= 11 is 0. The fourth-order valence-corrected chi connectivity index (χ4v) is 4.11. The van der Waals surface area contributed by atoms with Gasteiger partial charge in [-0.25, -0.2) is 5.43 Å². The highest BCUT2D eigenvalue weighted by molar-refractivity contribution is 6.09. The Morgan fingerprint density at radius 3 is 2.45 bits per heavy atom. The molecule has 2 aliphatic rings. The molecule has 2 fully saturated rings. The van der Waals surface area contributed by atoms with Crippen molar-refractivity contribution in [1.29, 1.82) is 0 Å². The van der Waals surface area contributed by atoms with E-state index in [0.29, 0.717) is 25.1 Å². The molecule has 9 heteroatoms. The Morgan fingerprint density at radius 1 is 0.968 bits per heavy atom. The van der Waals surface area contributed by atoms with Crippen molar-refractivity contribution in [1.82, 2.24) is 19.9 Å². The van der Waals surface area contributed by atoms with Gasteiger partial charge in [0.2, 0.25) is 17.8 Å². The van der Waals surface area contributed by atoms with Crippen LogP contribution in [0.25, 0.3) is 10.9 Å². The zero-order valence-corrected chi connectivity index (χ0v) is 17.8. The van der Waals surface area contributed by atoms with Crippen LogP contribution in [0, 0.1) is 0 Å². The summed E-state index contributed by atoms with van der Waals surface area (Å²) in [4.78, 5) is 21.8. The lowest BCUT2D eigenvalue weighted by molar-refractivity contribution is 0.122. The van der Waals surface area contributed by atoms with Gasteiger partial charge in [-0.3, -0.25) is 0 Å². The number of piperidine rings is 1. The van der Waals surface area contributed by atoms with Crippen LogP contribution < -0.4 is 15.2 Å². The van der Waals surface area contributed by atoms with E-state index in [0.717, 1.165) is 54.3 Å². The van der Waals surface area contributed by atoms with Crippen LogP contribution in [-0.4, -0.2) is 65.0 Å². The lowest BCUT2D eigenvalue weighted by Gasteiger charge is -2.30. The number of benzene rings is 1. The summed E-state index contributed by atoms with van der Waals surface area (Å²) in [6, 6.07) is 8.21. The van der Waals surface area contributed by atoms with Crippen molar-refractivity contribution in [3.63, 3.8) is 0 Å². The third-order valence-corrected chi connectivity index (χ3v) is 5.85. The number of H-pyrrole nitrogens is 1. The number of nitrogens with zero attached hydrogens (tertiary/aromatic N) is 6. The largest absolute Gasteiger partial charge is 0.378 e. The first-order valence-corrected chi connectivity index (χ1v) is 11.0. The molecule has 0 radical (unpaired) electrons. The van der Waals surface area contributed by atoms with Crippen molar-refractivity contribution in [3.8, 4) is 0 Å². The molecule has 0 bridgehead atoms. The predicted molar refractivity (Wildman–Crippen MR) is 123 cm³/mol. The highest BCUT2D eigenvalue weighted by atomic mass is 16.5. The van der Waals surface area contributed by atoms with Crippen molar-refractivity contribution in [2.75, 3.05) is 54.6 Å². The Balaban J connectivity index is 1.43. The summed E-state index contributed by atoms with van der Waals surface area (Å²) < 4.78 is 5.49. The maximum absolute atomic E-state index is 5.49. The van der Waals surface area contributed by atoms with Gasteiger partial charge in [-0.15, -0.1) is 0 Å². The Kier molecular flexibility index (Phi) is 5.66. The fourth-order valence-electron chi connectivity index (χ4n) is 4.11. The van der Waals surface area contributed by atoms with Crippen LogP contribution in [0.2, 0.25) is 0 Å². The van der Waals surface area contributed by atoms with Crippen LogP contribution in [-0.2, 0) is 4.74 Å². The van der Waals surface area contributed by atoms with E-state index >= 15 is 0 Å². The molecule has 0 amide bonds. The molecule has 0 spiro atoms. The summed E-state index contributed by atoms with van der Waals surface area (Å²) in [5.41, 5.74) is 6.10. The van der Waals surface area contributed by atoms with Crippen molar-refractivity contribution in [2.24, 2.45) is 5.10 Å². The minimum atomic E-state index is 0.469. The number of rotatable bonds is 5. The summed E-state index contributed by atoms with van der Waals surface area (Å²) in [5, 5.41) is 5.73. The van der Waals surface area contributed by atoms with Gasteiger partial charge in [-0.2, -0.15) is 20.1 Å². The van der Waals surface area contributed by atoms with E-state index in [1.54, 1.807) is 0 Å². The number of aromatic amines is 1. The SMILES string of the molecule is C/C(=N/Nc1nc(N2CCCCC2)nc(N2CCOCC2)n1)c1c[nH]c2ccccc12.